The average molecular weight is 398 g/mol. The van der Waals surface area contributed by atoms with Crippen LogP contribution in [0.3, 0.4) is 0 Å². The molecule has 0 aliphatic heterocycles. The number of carbonyl (C=O) groups excluding carboxylic acids is 1. The van der Waals surface area contributed by atoms with Gasteiger partial charge in [0.25, 0.3) is 5.91 Å². The molecule has 0 aromatic heterocycles. The van der Waals surface area contributed by atoms with Gasteiger partial charge in [0.05, 0.1) is 4.92 Å². The summed E-state index contributed by atoms with van der Waals surface area (Å²) >= 11 is 2.15. The molecule has 0 spiro atoms. The summed E-state index contributed by atoms with van der Waals surface area (Å²) in [6.45, 7) is 0. The van der Waals surface area contributed by atoms with Gasteiger partial charge in [0.1, 0.15) is 5.75 Å². The van der Waals surface area contributed by atoms with E-state index >= 15 is 0 Å². The molecule has 21 heavy (non-hydrogen) atoms. The third-order valence-corrected chi connectivity index (χ3v) is 3.41. The fourth-order valence-corrected chi connectivity index (χ4v) is 2.02. The lowest BCUT2D eigenvalue weighted by Crippen LogP contribution is -2.17. The lowest BCUT2D eigenvalue weighted by atomic mass is 10.1. The molecule has 1 N–H and O–H groups in total. The van der Waals surface area contributed by atoms with E-state index in [1.807, 2.05) is 12.1 Å². The first-order valence-corrected chi connectivity index (χ1v) is 7.03. The molecule has 1 amide bonds. The first-order chi connectivity index (χ1) is 10.0. The molecular weight excluding hydrogens is 387 g/mol. The van der Waals surface area contributed by atoms with Crippen LogP contribution in [0, 0.1) is 13.7 Å². The summed E-state index contributed by atoms with van der Waals surface area (Å²) in [6, 6.07) is 11.1. The molecule has 2 aromatic rings. The Morgan fingerprint density at radius 1 is 1.24 bits per heavy atom. The van der Waals surface area contributed by atoms with E-state index < -0.39 is 4.92 Å². The topological polar surface area (TPSA) is 81.5 Å². The number of ether oxygens (including phenoxy) is 1. The predicted molar refractivity (Wildman–Crippen MR) is 85.7 cm³/mol. The molecule has 0 heterocycles. The van der Waals surface area contributed by atoms with Gasteiger partial charge in [-0.3, -0.25) is 14.9 Å². The molecule has 2 aromatic carbocycles. The molecule has 0 saturated carbocycles. The van der Waals surface area contributed by atoms with Gasteiger partial charge in [-0.15, -0.1) is 0 Å². The van der Waals surface area contributed by atoms with Gasteiger partial charge in [0.2, 0.25) is 5.75 Å². The smallest absolute Gasteiger partial charge is 0.311 e. The van der Waals surface area contributed by atoms with Gasteiger partial charge in [-0.2, -0.15) is 0 Å². The van der Waals surface area contributed by atoms with Crippen molar-refractivity contribution in [3.05, 3.63) is 61.7 Å². The molecule has 0 bridgehead atoms. The summed E-state index contributed by atoms with van der Waals surface area (Å²) in [5, 5.41) is 13.5. The van der Waals surface area contributed by atoms with Crippen molar-refractivity contribution >= 4 is 34.2 Å². The van der Waals surface area contributed by atoms with Gasteiger partial charge in [0.15, 0.2) is 0 Å². The predicted octanol–water partition coefficient (Wildman–Crippen LogP) is 3.35. The van der Waals surface area contributed by atoms with Crippen LogP contribution in [0.2, 0.25) is 0 Å². The summed E-state index contributed by atoms with van der Waals surface area (Å²) in [7, 11) is 1.49. The SMILES string of the molecule is CNC(=O)c1ccc([N+](=O)[O-])c(Oc2ccc(I)cc2)c1. The van der Waals surface area contributed by atoms with E-state index in [1.165, 1.54) is 25.2 Å². The van der Waals surface area contributed by atoms with E-state index in [4.69, 9.17) is 4.74 Å². The average Bonchev–Trinajstić information content (AvgIpc) is 2.48. The first-order valence-electron chi connectivity index (χ1n) is 5.95. The van der Waals surface area contributed by atoms with Crippen molar-refractivity contribution in [3.63, 3.8) is 0 Å². The van der Waals surface area contributed by atoms with Crippen molar-refractivity contribution in [2.45, 2.75) is 0 Å². The number of rotatable bonds is 4. The number of benzene rings is 2. The molecule has 0 aliphatic rings. The van der Waals surface area contributed by atoms with Crippen LogP contribution in [0.15, 0.2) is 42.5 Å². The quantitative estimate of drug-likeness (QED) is 0.487. The Balaban J connectivity index is 2.40. The molecule has 6 nitrogen and oxygen atoms in total. The minimum atomic E-state index is -0.546. The Labute approximate surface area is 134 Å². The van der Waals surface area contributed by atoms with E-state index in [1.54, 1.807) is 12.1 Å². The van der Waals surface area contributed by atoms with Crippen LogP contribution in [-0.2, 0) is 0 Å². The Morgan fingerprint density at radius 2 is 1.90 bits per heavy atom. The van der Waals surface area contributed by atoms with Crippen LogP contribution in [0.25, 0.3) is 0 Å². The Bertz CT molecular complexity index is 686. The van der Waals surface area contributed by atoms with Gasteiger partial charge in [-0.25, -0.2) is 0 Å². The van der Waals surface area contributed by atoms with Gasteiger partial charge in [0, 0.05) is 28.3 Å². The van der Waals surface area contributed by atoms with Crippen molar-refractivity contribution in [2.24, 2.45) is 0 Å². The van der Waals surface area contributed by atoms with Crippen molar-refractivity contribution in [3.8, 4) is 11.5 Å². The molecule has 0 saturated heterocycles. The largest absolute Gasteiger partial charge is 0.450 e. The van der Waals surface area contributed by atoms with Gasteiger partial charge in [-0.05, 0) is 52.9 Å². The number of nitrogens with zero attached hydrogens (tertiary/aromatic N) is 1. The number of amides is 1. The van der Waals surface area contributed by atoms with E-state index in [0.717, 1.165) is 3.57 Å². The van der Waals surface area contributed by atoms with E-state index in [-0.39, 0.29) is 17.3 Å². The highest BCUT2D eigenvalue weighted by atomic mass is 127. The normalized spacial score (nSPS) is 10.0. The molecule has 0 aliphatic carbocycles. The minimum Gasteiger partial charge on any atom is -0.450 e. The van der Waals surface area contributed by atoms with Crippen LogP contribution in [0.1, 0.15) is 10.4 Å². The second-order valence-corrected chi connectivity index (χ2v) is 5.32. The molecular formula is C14H11IN2O4. The number of nitro groups is 1. The highest BCUT2D eigenvalue weighted by Gasteiger charge is 2.18. The van der Waals surface area contributed by atoms with Gasteiger partial charge < -0.3 is 10.1 Å². The lowest BCUT2D eigenvalue weighted by molar-refractivity contribution is -0.385. The van der Waals surface area contributed by atoms with Crippen molar-refractivity contribution in [2.75, 3.05) is 7.05 Å². The first kappa shape index (κ1) is 15.2. The van der Waals surface area contributed by atoms with Crippen LogP contribution in [0.5, 0.6) is 11.5 Å². The highest BCUT2D eigenvalue weighted by Crippen LogP contribution is 2.32. The monoisotopic (exact) mass is 398 g/mol. The molecule has 0 unspecified atom stereocenters. The molecule has 108 valence electrons. The Kier molecular flexibility index (Phi) is 4.73. The van der Waals surface area contributed by atoms with Gasteiger partial charge in [-0.1, -0.05) is 0 Å². The van der Waals surface area contributed by atoms with Crippen LogP contribution in [0.4, 0.5) is 5.69 Å². The maximum atomic E-state index is 11.6. The number of carbonyl (C=O) groups is 1. The molecule has 2 rings (SSSR count). The summed E-state index contributed by atoms with van der Waals surface area (Å²) in [5.74, 6) is 0.159. The number of hydrogen-bond donors (Lipinski definition) is 1. The fraction of sp³-hybridized carbons (Fsp3) is 0.0714. The maximum absolute atomic E-state index is 11.6. The van der Waals surface area contributed by atoms with Crippen LogP contribution in [-0.4, -0.2) is 17.9 Å². The zero-order valence-electron chi connectivity index (χ0n) is 11.0. The summed E-state index contributed by atoms with van der Waals surface area (Å²) in [4.78, 5) is 22.1. The molecule has 0 fully saturated rings. The number of nitrogens with one attached hydrogen (secondary N) is 1. The summed E-state index contributed by atoms with van der Waals surface area (Å²) in [5.41, 5.74) is 0.102. The van der Waals surface area contributed by atoms with E-state index in [0.29, 0.717) is 11.3 Å². The third kappa shape index (κ3) is 3.69. The lowest BCUT2D eigenvalue weighted by Gasteiger charge is -2.08. The number of halogens is 1. The van der Waals surface area contributed by atoms with Crippen molar-refractivity contribution in [1.29, 1.82) is 0 Å². The van der Waals surface area contributed by atoms with Crippen molar-refractivity contribution in [1.82, 2.24) is 5.32 Å². The summed E-state index contributed by atoms with van der Waals surface area (Å²) < 4.78 is 6.56. The van der Waals surface area contributed by atoms with Gasteiger partial charge >= 0.3 is 5.69 Å². The molecule has 7 heteroatoms. The summed E-state index contributed by atoms with van der Waals surface area (Å²) in [6.07, 6.45) is 0. The standard InChI is InChI=1S/C14H11IN2O4/c1-16-14(18)9-2-7-12(17(19)20)13(8-9)21-11-5-3-10(15)4-6-11/h2-8H,1H3,(H,16,18). The Morgan fingerprint density at radius 3 is 2.48 bits per heavy atom. The van der Waals surface area contributed by atoms with E-state index in [9.17, 15) is 14.9 Å². The van der Waals surface area contributed by atoms with Crippen molar-refractivity contribution < 1.29 is 14.5 Å². The van der Waals surface area contributed by atoms with E-state index in [2.05, 4.69) is 27.9 Å². The molecule has 0 atom stereocenters. The van der Waals surface area contributed by atoms with Crippen LogP contribution >= 0.6 is 22.6 Å². The highest BCUT2D eigenvalue weighted by molar-refractivity contribution is 14.1. The van der Waals surface area contributed by atoms with Crippen LogP contribution < -0.4 is 10.1 Å². The molecule has 0 radical (unpaired) electrons. The number of hydrogen-bond acceptors (Lipinski definition) is 4. The zero-order valence-corrected chi connectivity index (χ0v) is 13.2. The maximum Gasteiger partial charge on any atom is 0.311 e. The zero-order chi connectivity index (χ0) is 15.4. The minimum absolute atomic E-state index is 0.0299. The third-order valence-electron chi connectivity index (χ3n) is 2.69. The second-order valence-electron chi connectivity index (χ2n) is 4.07. The Hall–Kier alpha value is -2.16. The fourth-order valence-electron chi connectivity index (χ4n) is 1.66. The second kappa shape index (κ2) is 6.53. The number of nitro benzene ring substituents is 1.